The molecule has 3 aromatic carbocycles. The van der Waals surface area contributed by atoms with Crippen molar-refractivity contribution in [2.24, 2.45) is 0 Å². The molecule has 0 saturated heterocycles. The van der Waals surface area contributed by atoms with Crippen LogP contribution in [-0.4, -0.2) is 32.1 Å². The minimum atomic E-state index is -0.111. The van der Waals surface area contributed by atoms with Gasteiger partial charge in [0.15, 0.2) is 17.3 Å². The van der Waals surface area contributed by atoms with Crippen molar-refractivity contribution in [2.75, 3.05) is 21.3 Å². The van der Waals surface area contributed by atoms with Crippen molar-refractivity contribution >= 4 is 39.2 Å². The maximum absolute atomic E-state index is 13.5. The first kappa shape index (κ1) is 20.1. The Kier molecular flexibility index (Phi) is 5.08. The van der Waals surface area contributed by atoms with Gasteiger partial charge in [0.1, 0.15) is 0 Å². The molecule has 0 saturated carbocycles. The van der Waals surface area contributed by atoms with E-state index in [9.17, 15) is 4.79 Å². The Labute approximate surface area is 179 Å². The van der Waals surface area contributed by atoms with Crippen LogP contribution in [0.3, 0.4) is 0 Å². The topological polar surface area (TPSA) is 60.6 Å². The number of nitrogens with one attached hydrogen (secondary N) is 1. The number of benzene rings is 3. The van der Waals surface area contributed by atoms with E-state index >= 15 is 0 Å². The Bertz CT molecular complexity index is 1280. The molecule has 1 N–H and O–H groups in total. The van der Waals surface area contributed by atoms with E-state index in [2.05, 4.69) is 4.98 Å². The minimum Gasteiger partial charge on any atom is -0.493 e. The van der Waals surface area contributed by atoms with Gasteiger partial charge in [0.2, 0.25) is 5.75 Å². The Morgan fingerprint density at radius 2 is 1.60 bits per heavy atom. The highest BCUT2D eigenvalue weighted by molar-refractivity contribution is 6.31. The Balaban J connectivity index is 1.94. The van der Waals surface area contributed by atoms with Crippen molar-refractivity contribution < 1.29 is 19.0 Å². The second-order valence-corrected chi connectivity index (χ2v) is 7.61. The molecule has 4 aromatic rings. The van der Waals surface area contributed by atoms with Crippen LogP contribution in [0.1, 0.15) is 27.0 Å². The summed E-state index contributed by atoms with van der Waals surface area (Å²) in [6.07, 6.45) is 0. The molecule has 0 atom stereocenters. The fourth-order valence-electron chi connectivity index (χ4n) is 3.99. The predicted octanol–water partition coefficient (Wildman–Crippen LogP) is 5.85. The number of rotatable bonds is 5. The fraction of sp³-hybridized carbons (Fsp3) is 0.208. The molecule has 6 heteroatoms. The van der Waals surface area contributed by atoms with E-state index in [1.807, 2.05) is 38.1 Å². The zero-order chi connectivity index (χ0) is 21.6. The molecular weight excluding hydrogens is 402 g/mol. The number of carbonyl (C=O) groups is 1. The molecule has 4 rings (SSSR count). The maximum atomic E-state index is 13.5. The van der Waals surface area contributed by atoms with Crippen LogP contribution in [0.2, 0.25) is 5.02 Å². The summed E-state index contributed by atoms with van der Waals surface area (Å²) in [5, 5.41) is 2.73. The van der Waals surface area contributed by atoms with Gasteiger partial charge < -0.3 is 19.2 Å². The number of ketones is 1. The first-order valence-corrected chi connectivity index (χ1v) is 9.83. The van der Waals surface area contributed by atoms with Gasteiger partial charge in [-0.2, -0.15) is 0 Å². The van der Waals surface area contributed by atoms with E-state index in [1.54, 1.807) is 12.1 Å². The van der Waals surface area contributed by atoms with Crippen LogP contribution in [0.4, 0.5) is 0 Å². The lowest BCUT2D eigenvalue weighted by molar-refractivity contribution is 0.103. The molecule has 0 spiro atoms. The molecule has 1 aromatic heterocycles. The van der Waals surface area contributed by atoms with Crippen LogP contribution in [-0.2, 0) is 0 Å². The van der Waals surface area contributed by atoms with E-state index in [0.29, 0.717) is 33.4 Å². The Morgan fingerprint density at radius 1 is 0.933 bits per heavy atom. The van der Waals surface area contributed by atoms with E-state index in [-0.39, 0.29) is 5.78 Å². The van der Waals surface area contributed by atoms with E-state index in [4.69, 9.17) is 25.8 Å². The molecule has 5 nitrogen and oxygen atoms in total. The normalized spacial score (nSPS) is 11.1. The minimum absolute atomic E-state index is 0.111. The molecule has 0 aliphatic rings. The molecule has 0 fully saturated rings. The molecule has 0 aliphatic carbocycles. The lowest BCUT2D eigenvalue weighted by Crippen LogP contribution is -2.07. The SMILES string of the molecule is COc1cc(C(=O)c2cc(C)c3[nH]c4cc(Cl)ccc4c3c2C)cc(OC)c1OC. The molecule has 0 amide bonds. The van der Waals surface area contributed by atoms with Crippen molar-refractivity contribution in [1.29, 1.82) is 0 Å². The Morgan fingerprint density at radius 3 is 2.20 bits per heavy atom. The van der Waals surface area contributed by atoms with Crippen molar-refractivity contribution in [2.45, 2.75) is 13.8 Å². The number of aromatic amines is 1. The highest BCUT2D eigenvalue weighted by Gasteiger charge is 2.22. The van der Waals surface area contributed by atoms with Crippen molar-refractivity contribution in [1.82, 2.24) is 4.98 Å². The second-order valence-electron chi connectivity index (χ2n) is 7.17. The van der Waals surface area contributed by atoms with Crippen LogP contribution in [0.25, 0.3) is 21.8 Å². The lowest BCUT2D eigenvalue weighted by Gasteiger charge is -2.15. The van der Waals surface area contributed by atoms with Gasteiger partial charge in [0, 0.05) is 38.0 Å². The van der Waals surface area contributed by atoms with Crippen LogP contribution in [0.5, 0.6) is 17.2 Å². The van der Waals surface area contributed by atoms with Gasteiger partial charge >= 0.3 is 0 Å². The van der Waals surface area contributed by atoms with Crippen molar-refractivity contribution in [3.05, 3.63) is 63.7 Å². The average molecular weight is 424 g/mol. The zero-order valence-corrected chi connectivity index (χ0v) is 18.2. The molecule has 0 radical (unpaired) electrons. The summed E-state index contributed by atoms with van der Waals surface area (Å²) in [4.78, 5) is 17.0. The van der Waals surface area contributed by atoms with Crippen LogP contribution < -0.4 is 14.2 Å². The molecule has 0 bridgehead atoms. The van der Waals surface area contributed by atoms with Crippen LogP contribution in [0, 0.1) is 13.8 Å². The molecule has 1 heterocycles. The summed E-state index contributed by atoms with van der Waals surface area (Å²) in [6.45, 7) is 3.96. The van der Waals surface area contributed by atoms with Gasteiger partial charge in [-0.3, -0.25) is 4.79 Å². The standard InChI is InChI=1S/C24H22ClNO4/c1-12-8-17(13(2)21-16-7-6-15(25)11-18(16)26-22(12)21)23(27)14-9-19(28-3)24(30-5)20(10-14)29-4/h6-11,26H,1-5H3. The average Bonchev–Trinajstić information content (AvgIpc) is 3.13. The number of hydrogen-bond acceptors (Lipinski definition) is 4. The van der Waals surface area contributed by atoms with Gasteiger partial charge in [0.05, 0.1) is 21.3 Å². The van der Waals surface area contributed by atoms with Crippen molar-refractivity contribution in [3.63, 3.8) is 0 Å². The van der Waals surface area contributed by atoms with Gasteiger partial charge in [-0.15, -0.1) is 0 Å². The second kappa shape index (κ2) is 7.58. The largest absolute Gasteiger partial charge is 0.493 e. The number of carbonyl (C=O) groups excluding carboxylic acids is 1. The summed E-state index contributed by atoms with van der Waals surface area (Å²) in [6, 6.07) is 11.0. The lowest BCUT2D eigenvalue weighted by atomic mass is 9.93. The van der Waals surface area contributed by atoms with Gasteiger partial charge in [-0.25, -0.2) is 0 Å². The molecule has 0 aliphatic heterocycles. The van der Waals surface area contributed by atoms with Crippen LogP contribution in [0.15, 0.2) is 36.4 Å². The number of aromatic nitrogens is 1. The quantitative estimate of drug-likeness (QED) is 0.409. The maximum Gasteiger partial charge on any atom is 0.203 e. The van der Waals surface area contributed by atoms with E-state index in [0.717, 1.165) is 32.9 Å². The smallest absolute Gasteiger partial charge is 0.203 e. The fourth-order valence-corrected chi connectivity index (χ4v) is 4.16. The first-order chi connectivity index (χ1) is 14.4. The summed E-state index contributed by atoms with van der Waals surface area (Å²) >= 11 is 6.16. The van der Waals surface area contributed by atoms with Crippen molar-refractivity contribution in [3.8, 4) is 17.2 Å². The third-order valence-corrected chi connectivity index (χ3v) is 5.70. The number of fused-ring (bicyclic) bond motifs is 3. The van der Waals surface area contributed by atoms with Gasteiger partial charge in [-0.1, -0.05) is 17.7 Å². The molecule has 0 unspecified atom stereocenters. The first-order valence-electron chi connectivity index (χ1n) is 9.45. The number of ether oxygens (including phenoxy) is 3. The molecule has 154 valence electrons. The highest BCUT2D eigenvalue weighted by atomic mass is 35.5. The summed E-state index contributed by atoms with van der Waals surface area (Å²) < 4.78 is 16.2. The third-order valence-electron chi connectivity index (χ3n) is 5.47. The summed E-state index contributed by atoms with van der Waals surface area (Å²) in [5.41, 5.74) is 4.94. The van der Waals surface area contributed by atoms with E-state index in [1.165, 1.54) is 21.3 Å². The number of aryl methyl sites for hydroxylation is 2. The number of H-pyrrole nitrogens is 1. The number of halogens is 1. The molecular formula is C24H22ClNO4. The molecule has 30 heavy (non-hydrogen) atoms. The predicted molar refractivity (Wildman–Crippen MR) is 120 cm³/mol. The van der Waals surface area contributed by atoms with Crippen LogP contribution >= 0.6 is 11.6 Å². The number of methoxy groups -OCH3 is 3. The number of hydrogen-bond donors (Lipinski definition) is 1. The Hall–Kier alpha value is -3.18. The zero-order valence-electron chi connectivity index (χ0n) is 17.5. The highest BCUT2D eigenvalue weighted by Crippen LogP contribution is 2.40. The van der Waals surface area contributed by atoms with Gasteiger partial charge in [-0.05, 0) is 55.3 Å². The monoisotopic (exact) mass is 423 g/mol. The summed E-state index contributed by atoms with van der Waals surface area (Å²) in [7, 11) is 4.60. The van der Waals surface area contributed by atoms with E-state index < -0.39 is 0 Å². The van der Waals surface area contributed by atoms with Gasteiger partial charge in [0.25, 0.3) is 0 Å². The summed E-state index contributed by atoms with van der Waals surface area (Å²) in [5.74, 6) is 1.23. The third kappa shape index (κ3) is 3.06.